The fraction of sp³-hybridized carbons (Fsp3) is 0.364. The van der Waals surface area contributed by atoms with Gasteiger partial charge in [-0.3, -0.25) is 4.79 Å². The van der Waals surface area contributed by atoms with Crippen LogP contribution in [0.15, 0.2) is 21.5 Å². The smallest absolute Gasteiger partial charge is 0.264 e. The van der Waals surface area contributed by atoms with Crippen molar-refractivity contribution in [3.63, 3.8) is 0 Å². The van der Waals surface area contributed by atoms with Crippen LogP contribution in [-0.4, -0.2) is 45.5 Å². The molecule has 0 saturated carbocycles. The standard InChI is InChI=1S/C11H10BrClFNO4S/c12-7-5-8(10(14)9(6-7)20(13,17)18)11(16)15-1-3-19-4-2-15/h5-6H,1-4H2. The number of hydrogen-bond acceptors (Lipinski definition) is 4. The summed E-state index contributed by atoms with van der Waals surface area (Å²) in [7, 11) is 0.894. The van der Waals surface area contributed by atoms with Gasteiger partial charge in [0.25, 0.3) is 15.0 Å². The van der Waals surface area contributed by atoms with E-state index in [4.69, 9.17) is 15.4 Å². The van der Waals surface area contributed by atoms with Gasteiger partial charge in [-0.05, 0) is 12.1 Å². The molecule has 0 unspecified atom stereocenters. The number of nitrogens with zero attached hydrogens (tertiary/aromatic N) is 1. The molecule has 0 radical (unpaired) electrons. The van der Waals surface area contributed by atoms with Crippen molar-refractivity contribution in [2.24, 2.45) is 0 Å². The molecule has 1 aliphatic rings. The van der Waals surface area contributed by atoms with Crippen LogP contribution < -0.4 is 0 Å². The molecule has 0 aliphatic carbocycles. The lowest BCUT2D eigenvalue weighted by Crippen LogP contribution is -2.41. The zero-order valence-corrected chi connectivity index (χ0v) is 13.3. The number of carbonyl (C=O) groups excluding carboxylic acids is 1. The van der Waals surface area contributed by atoms with Crippen LogP contribution in [0.1, 0.15) is 10.4 Å². The van der Waals surface area contributed by atoms with E-state index in [1.807, 2.05) is 0 Å². The van der Waals surface area contributed by atoms with Crippen molar-refractivity contribution in [2.45, 2.75) is 4.90 Å². The fourth-order valence-electron chi connectivity index (χ4n) is 1.83. The Morgan fingerprint density at radius 2 is 1.95 bits per heavy atom. The van der Waals surface area contributed by atoms with Gasteiger partial charge < -0.3 is 9.64 Å². The number of morpholine rings is 1. The van der Waals surface area contributed by atoms with Gasteiger partial charge in [-0.25, -0.2) is 12.8 Å². The minimum absolute atomic E-state index is 0.259. The molecule has 5 nitrogen and oxygen atoms in total. The normalized spacial score (nSPS) is 16.2. The van der Waals surface area contributed by atoms with Gasteiger partial charge in [0, 0.05) is 28.2 Å². The van der Waals surface area contributed by atoms with Crippen LogP contribution in [0.3, 0.4) is 0 Å². The maximum Gasteiger partial charge on any atom is 0.264 e. The summed E-state index contributed by atoms with van der Waals surface area (Å²) in [5.41, 5.74) is -0.333. The number of carbonyl (C=O) groups is 1. The molecule has 1 amide bonds. The molecular weight excluding hydrogens is 377 g/mol. The molecule has 1 saturated heterocycles. The Labute approximate surface area is 128 Å². The van der Waals surface area contributed by atoms with Crippen LogP contribution >= 0.6 is 26.6 Å². The average Bonchev–Trinajstić information content (AvgIpc) is 2.40. The molecule has 2 rings (SSSR count). The molecule has 0 aromatic heterocycles. The van der Waals surface area contributed by atoms with Gasteiger partial charge in [0.15, 0.2) is 5.82 Å². The molecule has 0 atom stereocenters. The molecule has 9 heteroatoms. The molecule has 1 heterocycles. The first-order chi connectivity index (χ1) is 9.30. The van der Waals surface area contributed by atoms with Gasteiger partial charge in [0.05, 0.1) is 18.8 Å². The van der Waals surface area contributed by atoms with Crippen molar-refractivity contribution in [1.29, 1.82) is 0 Å². The highest BCUT2D eigenvalue weighted by Crippen LogP contribution is 2.27. The Morgan fingerprint density at radius 1 is 1.35 bits per heavy atom. The predicted molar refractivity (Wildman–Crippen MR) is 73.9 cm³/mol. The zero-order chi connectivity index (χ0) is 14.9. The predicted octanol–water partition coefficient (Wildman–Crippen LogP) is 1.99. The number of halogens is 3. The zero-order valence-electron chi connectivity index (χ0n) is 10.1. The van der Waals surface area contributed by atoms with Crippen molar-refractivity contribution in [1.82, 2.24) is 4.90 Å². The monoisotopic (exact) mass is 385 g/mol. The van der Waals surface area contributed by atoms with Crippen LogP contribution in [0, 0.1) is 5.82 Å². The second-order valence-corrected chi connectivity index (χ2v) is 7.56. The molecule has 1 aromatic carbocycles. The quantitative estimate of drug-likeness (QED) is 0.729. The first kappa shape index (κ1) is 15.7. The lowest BCUT2D eigenvalue weighted by Gasteiger charge is -2.27. The van der Waals surface area contributed by atoms with Crippen molar-refractivity contribution < 1.29 is 22.3 Å². The Morgan fingerprint density at radius 3 is 2.50 bits per heavy atom. The number of benzene rings is 1. The summed E-state index contributed by atoms with van der Waals surface area (Å²) in [6.07, 6.45) is 0. The molecule has 0 spiro atoms. The van der Waals surface area contributed by atoms with Crippen LogP contribution in [0.25, 0.3) is 0 Å². The second-order valence-electron chi connectivity index (χ2n) is 4.11. The number of rotatable bonds is 2. The lowest BCUT2D eigenvalue weighted by atomic mass is 10.1. The van der Waals surface area contributed by atoms with Crippen LogP contribution in [0.2, 0.25) is 0 Å². The van der Waals surface area contributed by atoms with Crippen molar-refractivity contribution in [3.05, 3.63) is 28.0 Å². The molecule has 0 bridgehead atoms. The molecule has 1 fully saturated rings. The van der Waals surface area contributed by atoms with E-state index in [1.54, 1.807) is 0 Å². The summed E-state index contributed by atoms with van der Waals surface area (Å²) in [6, 6.07) is 2.26. The van der Waals surface area contributed by atoms with Crippen LogP contribution in [0.5, 0.6) is 0 Å². The average molecular weight is 387 g/mol. The molecule has 1 aromatic rings. The van der Waals surface area contributed by atoms with E-state index >= 15 is 0 Å². The van der Waals surface area contributed by atoms with Crippen molar-refractivity contribution >= 4 is 41.6 Å². The molecule has 110 valence electrons. The third-order valence-electron chi connectivity index (χ3n) is 2.80. The van der Waals surface area contributed by atoms with Gasteiger partial charge in [-0.15, -0.1) is 0 Å². The number of ether oxygens (including phenoxy) is 1. The summed E-state index contributed by atoms with van der Waals surface area (Å²) in [5.74, 6) is -1.73. The topological polar surface area (TPSA) is 63.7 Å². The maximum absolute atomic E-state index is 14.2. The lowest BCUT2D eigenvalue weighted by molar-refractivity contribution is 0.0299. The second kappa shape index (κ2) is 5.97. The van der Waals surface area contributed by atoms with E-state index in [2.05, 4.69) is 15.9 Å². The van der Waals surface area contributed by atoms with Crippen LogP contribution in [0.4, 0.5) is 4.39 Å². The third kappa shape index (κ3) is 3.30. The largest absolute Gasteiger partial charge is 0.378 e. The summed E-state index contributed by atoms with van der Waals surface area (Å²) < 4.78 is 42.2. The third-order valence-corrected chi connectivity index (χ3v) is 4.57. The van der Waals surface area contributed by atoms with E-state index < -0.39 is 25.7 Å². The molecule has 1 aliphatic heterocycles. The summed E-state index contributed by atoms with van der Waals surface area (Å²) in [6.45, 7) is 1.38. The van der Waals surface area contributed by atoms with Gasteiger partial charge in [0.1, 0.15) is 4.90 Å². The Bertz CT molecular complexity index is 646. The molecular formula is C11H10BrClFNO4S. The number of hydrogen-bond donors (Lipinski definition) is 0. The SMILES string of the molecule is O=C(c1cc(Br)cc(S(=O)(=O)Cl)c1F)N1CCOCC1. The molecule has 0 N–H and O–H groups in total. The van der Waals surface area contributed by atoms with Gasteiger partial charge in [-0.1, -0.05) is 15.9 Å². The van der Waals surface area contributed by atoms with E-state index in [-0.39, 0.29) is 10.0 Å². The maximum atomic E-state index is 14.2. The first-order valence-corrected chi connectivity index (χ1v) is 8.71. The van der Waals surface area contributed by atoms with E-state index in [0.717, 1.165) is 6.07 Å². The Balaban J connectivity index is 2.46. The van der Waals surface area contributed by atoms with E-state index in [9.17, 15) is 17.6 Å². The first-order valence-electron chi connectivity index (χ1n) is 5.61. The van der Waals surface area contributed by atoms with Crippen LogP contribution in [-0.2, 0) is 13.8 Å². The fourth-order valence-corrected chi connectivity index (χ4v) is 3.37. The van der Waals surface area contributed by atoms with E-state index in [1.165, 1.54) is 11.0 Å². The number of amides is 1. The van der Waals surface area contributed by atoms with Crippen molar-refractivity contribution in [3.8, 4) is 0 Å². The van der Waals surface area contributed by atoms with Gasteiger partial charge in [-0.2, -0.15) is 0 Å². The summed E-state index contributed by atoms with van der Waals surface area (Å²) >= 11 is 3.05. The van der Waals surface area contributed by atoms with Crippen molar-refractivity contribution in [2.75, 3.05) is 26.3 Å². The van der Waals surface area contributed by atoms with Gasteiger partial charge in [0.2, 0.25) is 0 Å². The summed E-state index contributed by atoms with van der Waals surface area (Å²) in [5, 5.41) is 0. The highest BCUT2D eigenvalue weighted by atomic mass is 79.9. The Hall–Kier alpha value is -0.700. The molecule has 20 heavy (non-hydrogen) atoms. The minimum atomic E-state index is -4.27. The summed E-state index contributed by atoms with van der Waals surface area (Å²) in [4.78, 5) is 12.9. The Kier molecular flexibility index (Phi) is 4.68. The highest BCUT2D eigenvalue weighted by molar-refractivity contribution is 9.10. The van der Waals surface area contributed by atoms with Gasteiger partial charge >= 0.3 is 0 Å². The highest BCUT2D eigenvalue weighted by Gasteiger charge is 2.27. The van der Waals surface area contributed by atoms with E-state index in [0.29, 0.717) is 26.3 Å². The minimum Gasteiger partial charge on any atom is -0.378 e.